The average Bonchev–Trinajstić information content (AvgIpc) is 2.77. The highest BCUT2D eigenvalue weighted by Gasteiger charge is 2.61. The second-order valence-electron chi connectivity index (χ2n) is 7.11. The summed E-state index contributed by atoms with van der Waals surface area (Å²) in [5.41, 5.74) is -0.302. The number of aliphatic hydroxyl groups is 2. The van der Waals surface area contributed by atoms with E-state index in [2.05, 4.69) is 13.2 Å². The molecule has 6 heteroatoms. The van der Waals surface area contributed by atoms with Gasteiger partial charge in [0.25, 0.3) is 0 Å². The molecule has 0 aromatic heterocycles. The Kier molecular flexibility index (Phi) is 3.65. The first-order valence-electron chi connectivity index (χ1n) is 7.78. The molecule has 0 unspecified atom stereocenters. The fourth-order valence-corrected chi connectivity index (χ4v) is 4.57. The Morgan fingerprint density at radius 2 is 2.04 bits per heavy atom. The number of esters is 2. The van der Waals surface area contributed by atoms with Crippen molar-refractivity contribution < 1.29 is 29.3 Å². The van der Waals surface area contributed by atoms with Crippen molar-refractivity contribution in [3.63, 3.8) is 0 Å². The van der Waals surface area contributed by atoms with Gasteiger partial charge in [-0.1, -0.05) is 18.7 Å². The zero-order valence-electron chi connectivity index (χ0n) is 13.3. The van der Waals surface area contributed by atoms with E-state index in [1.807, 2.05) is 0 Å². The van der Waals surface area contributed by atoms with Crippen molar-refractivity contribution in [2.24, 2.45) is 17.8 Å². The van der Waals surface area contributed by atoms with E-state index in [0.29, 0.717) is 12.0 Å². The Hall–Kier alpha value is -1.66. The molecule has 1 heterocycles. The Labute approximate surface area is 134 Å². The summed E-state index contributed by atoms with van der Waals surface area (Å²) in [6.45, 7) is 10.7. The van der Waals surface area contributed by atoms with Gasteiger partial charge in [0.1, 0.15) is 12.2 Å². The van der Waals surface area contributed by atoms with Crippen LogP contribution < -0.4 is 0 Å². The Morgan fingerprint density at radius 1 is 1.39 bits per heavy atom. The maximum atomic E-state index is 11.8. The van der Waals surface area contributed by atoms with Gasteiger partial charge in [0, 0.05) is 37.2 Å². The van der Waals surface area contributed by atoms with Gasteiger partial charge in [0.05, 0.1) is 17.6 Å². The van der Waals surface area contributed by atoms with Crippen molar-refractivity contribution >= 4 is 11.9 Å². The molecule has 1 aliphatic heterocycles. The molecule has 7 atom stereocenters. The summed E-state index contributed by atoms with van der Waals surface area (Å²) < 4.78 is 10.7. The monoisotopic (exact) mass is 322 g/mol. The number of fused-ring (bicyclic) bond motifs is 2. The summed E-state index contributed by atoms with van der Waals surface area (Å²) in [6.07, 6.45) is -1.51. The molecule has 0 aromatic carbocycles. The number of aliphatic hydroxyl groups excluding tert-OH is 1. The van der Waals surface area contributed by atoms with Gasteiger partial charge in [-0.3, -0.25) is 4.79 Å². The van der Waals surface area contributed by atoms with Gasteiger partial charge >= 0.3 is 11.9 Å². The third kappa shape index (κ3) is 2.40. The fraction of sp³-hybridized carbons (Fsp3) is 0.647. The summed E-state index contributed by atoms with van der Waals surface area (Å²) >= 11 is 0. The summed E-state index contributed by atoms with van der Waals surface area (Å²) in [5, 5.41) is 21.7. The van der Waals surface area contributed by atoms with Gasteiger partial charge in [-0.15, -0.1) is 0 Å². The minimum atomic E-state index is -1.24. The van der Waals surface area contributed by atoms with Crippen LogP contribution in [0.15, 0.2) is 24.3 Å². The van der Waals surface area contributed by atoms with Crippen LogP contribution in [0.2, 0.25) is 0 Å². The molecule has 0 bridgehead atoms. The van der Waals surface area contributed by atoms with E-state index >= 15 is 0 Å². The summed E-state index contributed by atoms with van der Waals surface area (Å²) in [4.78, 5) is 23.1. The molecule has 0 radical (unpaired) electrons. The van der Waals surface area contributed by atoms with Crippen LogP contribution in [0.4, 0.5) is 0 Å². The van der Waals surface area contributed by atoms with Gasteiger partial charge in [0.2, 0.25) is 0 Å². The molecule has 2 N–H and O–H groups in total. The second-order valence-corrected chi connectivity index (χ2v) is 7.11. The van der Waals surface area contributed by atoms with Crippen molar-refractivity contribution in [1.29, 1.82) is 0 Å². The lowest BCUT2D eigenvalue weighted by molar-refractivity contribution is -0.148. The molecule has 3 aliphatic rings. The van der Waals surface area contributed by atoms with Crippen molar-refractivity contribution in [1.82, 2.24) is 0 Å². The van der Waals surface area contributed by atoms with Crippen LogP contribution in [-0.4, -0.2) is 46.1 Å². The van der Waals surface area contributed by atoms with Crippen LogP contribution in [0.1, 0.15) is 26.7 Å². The van der Waals surface area contributed by atoms with Crippen molar-refractivity contribution in [2.75, 3.05) is 0 Å². The maximum absolute atomic E-state index is 11.8. The molecule has 0 aromatic rings. The zero-order chi connectivity index (χ0) is 17.1. The number of rotatable bonds is 1. The van der Waals surface area contributed by atoms with Crippen LogP contribution in [0.5, 0.6) is 0 Å². The smallest absolute Gasteiger partial charge is 0.334 e. The zero-order valence-corrected chi connectivity index (χ0v) is 13.3. The van der Waals surface area contributed by atoms with Gasteiger partial charge in [-0.2, -0.15) is 0 Å². The lowest BCUT2D eigenvalue weighted by Gasteiger charge is -2.34. The first-order chi connectivity index (χ1) is 10.6. The average molecular weight is 322 g/mol. The standard InChI is InChI=1S/C17H22O6/c1-7-5-10-13(8(2)16(20)23-10)15(19)14-12(7)11(22-9(3)18)6-17(14,4)21/h10-15,19,21H,1-2,5-6H2,3-4H3/t10-,11+,12+,13-,14+,15+,17-/m1/s1. The minimum absolute atomic E-state index is 0.219. The molecular weight excluding hydrogens is 300 g/mol. The molecule has 3 fully saturated rings. The number of carbonyl (C=O) groups is 2. The Morgan fingerprint density at radius 3 is 2.65 bits per heavy atom. The first kappa shape index (κ1) is 16.2. The highest BCUT2D eigenvalue weighted by atomic mass is 16.6. The van der Waals surface area contributed by atoms with E-state index in [4.69, 9.17) is 9.47 Å². The van der Waals surface area contributed by atoms with Crippen molar-refractivity contribution in [2.45, 2.75) is 50.6 Å². The Bertz CT molecular complexity index is 592. The molecule has 0 amide bonds. The third-order valence-electron chi connectivity index (χ3n) is 5.43. The molecular formula is C17H22O6. The van der Waals surface area contributed by atoms with E-state index in [9.17, 15) is 19.8 Å². The molecule has 23 heavy (non-hydrogen) atoms. The van der Waals surface area contributed by atoms with Gasteiger partial charge in [-0.25, -0.2) is 4.79 Å². The van der Waals surface area contributed by atoms with Gasteiger partial charge in [-0.05, 0) is 6.92 Å². The van der Waals surface area contributed by atoms with Crippen LogP contribution in [0.25, 0.3) is 0 Å². The van der Waals surface area contributed by atoms with Crippen molar-refractivity contribution in [3.8, 4) is 0 Å². The molecule has 3 rings (SSSR count). The van der Waals surface area contributed by atoms with E-state index < -0.39 is 47.7 Å². The van der Waals surface area contributed by atoms with Gasteiger partial charge in [0.15, 0.2) is 0 Å². The molecule has 2 aliphatic carbocycles. The first-order valence-corrected chi connectivity index (χ1v) is 7.78. The van der Waals surface area contributed by atoms with E-state index in [-0.39, 0.29) is 17.9 Å². The van der Waals surface area contributed by atoms with Crippen LogP contribution in [-0.2, 0) is 19.1 Å². The molecule has 126 valence electrons. The van der Waals surface area contributed by atoms with Crippen LogP contribution in [0, 0.1) is 17.8 Å². The van der Waals surface area contributed by atoms with Gasteiger partial charge < -0.3 is 19.7 Å². The van der Waals surface area contributed by atoms with E-state index in [1.54, 1.807) is 6.92 Å². The largest absolute Gasteiger partial charge is 0.462 e. The van der Waals surface area contributed by atoms with E-state index in [1.165, 1.54) is 6.92 Å². The number of hydrogen-bond acceptors (Lipinski definition) is 6. The van der Waals surface area contributed by atoms with Crippen LogP contribution >= 0.6 is 0 Å². The molecule has 2 saturated carbocycles. The minimum Gasteiger partial charge on any atom is -0.462 e. The summed E-state index contributed by atoms with van der Waals surface area (Å²) in [6, 6.07) is 0. The highest BCUT2D eigenvalue weighted by Crippen LogP contribution is 2.53. The fourth-order valence-electron chi connectivity index (χ4n) is 4.57. The van der Waals surface area contributed by atoms with E-state index in [0.717, 1.165) is 0 Å². The number of hydrogen-bond donors (Lipinski definition) is 2. The van der Waals surface area contributed by atoms with Crippen LogP contribution in [0.3, 0.4) is 0 Å². The topological polar surface area (TPSA) is 93.1 Å². The molecule has 1 saturated heterocycles. The highest BCUT2D eigenvalue weighted by molar-refractivity contribution is 5.91. The summed E-state index contributed by atoms with van der Waals surface area (Å²) in [5.74, 6) is -2.49. The Balaban J connectivity index is 2.01. The lowest BCUT2D eigenvalue weighted by atomic mass is 9.76. The number of ether oxygens (including phenoxy) is 2. The maximum Gasteiger partial charge on any atom is 0.334 e. The quantitative estimate of drug-likeness (QED) is 0.420. The lowest BCUT2D eigenvalue weighted by Crippen LogP contribution is -2.44. The second kappa shape index (κ2) is 5.18. The predicted molar refractivity (Wildman–Crippen MR) is 80.0 cm³/mol. The normalized spacial score (nSPS) is 46.0. The number of carbonyl (C=O) groups excluding carboxylic acids is 2. The SMILES string of the molecule is C=C1C[C@H]2OC(=O)C(=C)[C@H]2[C@H](O)[C@@H]2[C@@H]1[C@@H](OC(C)=O)C[C@@]2(C)O. The van der Waals surface area contributed by atoms with Crippen molar-refractivity contribution in [3.05, 3.63) is 24.3 Å². The predicted octanol–water partition coefficient (Wildman–Crippen LogP) is 0.724. The summed E-state index contributed by atoms with van der Waals surface area (Å²) in [7, 11) is 0. The third-order valence-corrected chi connectivity index (χ3v) is 5.43. The molecule has 0 spiro atoms. The molecule has 6 nitrogen and oxygen atoms in total.